The molecule has 126 valence electrons. The molecule has 0 radical (unpaired) electrons. The third-order valence-corrected chi connectivity index (χ3v) is 4.31. The highest BCUT2D eigenvalue weighted by atomic mass is 35.5. The summed E-state index contributed by atoms with van der Waals surface area (Å²) < 4.78 is 5.19. The Morgan fingerprint density at radius 1 is 0.800 bits per heavy atom. The van der Waals surface area contributed by atoms with Gasteiger partial charge in [0.1, 0.15) is 5.75 Å². The molecule has 0 amide bonds. The number of carbonyl (C=O) groups is 2. The van der Waals surface area contributed by atoms with Crippen molar-refractivity contribution in [3.63, 3.8) is 0 Å². The van der Waals surface area contributed by atoms with Crippen LogP contribution in [0.4, 0.5) is 0 Å². The van der Waals surface area contributed by atoms with Crippen LogP contribution >= 0.6 is 23.2 Å². The summed E-state index contributed by atoms with van der Waals surface area (Å²) in [6.07, 6.45) is -0.238. The van der Waals surface area contributed by atoms with Crippen molar-refractivity contribution in [2.45, 2.75) is 6.42 Å². The van der Waals surface area contributed by atoms with E-state index >= 15 is 0 Å². The number of fused-ring (bicyclic) bond motifs is 1. The Labute approximate surface area is 155 Å². The third kappa shape index (κ3) is 4.01. The Balaban J connectivity index is 1.83. The molecule has 0 spiro atoms. The van der Waals surface area contributed by atoms with Crippen LogP contribution in [0.15, 0.2) is 54.6 Å². The number of ether oxygens (including phenoxy) is 1. The molecule has 0 N–H and O–H groups in total. The van der Waals surface area contributed by atoms with Crippen molar-refractivity contribution in [2.75, 3.05) is 7.11 Å². The van der Waals surface area contributed by atoms with Gasteiger partial charge in [-0.05, 0) is 47.2 Å². The molecule has 3 rings (SSSR count). The Bertz CT molecular complexity index is 960. The average Bonchev–Trinajstić information content (AvgIpc) is 2.59. The Morgan fingerprint density at radius 2 is 1.40 bits per heavy atom. The first-order valence-electron chi connectivity index (χ1n) is 7.56. The topological polar surface area (TPSA) is 43.4 Å². The van der Waals surface area contributed by atoms with Crippen LogP contribution in [-0.2, 0) is 0 Å². The molecule has 3 aromatic rings. The van der Waals surface area contributed by atoms with Gasteiger partial charge < -0.3 is 4.74 Å². The summed E-state index contributed by atoms with van der Waals surface area (Å²) in [6, 6.07) is 15.5. The lowest BCUT2D eigenvalue weighted by Crippen LogP contribution is -2.08. The van der Waals surface area contributed by atoms with Crippen LogP contribution in [0.25, 0.3) is 10.8 Å². The van der Waals surface area contributed by atoms with Crippen molar-refractivity contribution in [1.29, 1.82) is 0 Å². The molecule has 0 heterocycles. The molecule has 0 atom stereocenters. The minimum Gasteiger partial charge on any atom is -0.497 e. The number of rotatable bonds is 5. The number of hydrogen-bond acceptors (Lipinski definition) is 3. The van der Waals surface area contributed by atoms with E-state index < -0.39 is 0 Å². The molecule has 0 aromatic heterocycles. The minimum atomic E-state index is -0.316. The molecule has 0 saturated heterocycles. The van der Waals surface area contributed by atoms with Crippen LogP contribution in [0.3, 0.4) is 0 Å². The van der Waals surface area contributed by atoms with Gasteiger partial charge >= 0.3 is 0 Å². The zero-order valence-electron chi connectivity index (χ0n) is 13.4. The van der Waals surface area contributed by atoms with Crippen LogP contribution in [0.5, 0.6) is 5.75 Å². The number of halogens is 2. The number of Topliss-reactive ketones (excluding diaryl/α,β-unsaturated/α-hetero) is 2. The molecule has 0 fully saturated rings. The molecule has 3 aromatic carbocycles. The van der Waals surface area contributed by atoms with Gasteiger partial charge in [-0.2, -0.15) is 0 Å². The molecule has 0 bridgehead atoms. The zero-order valence-corrected chi connectivity index (χ0v) is 14.9. The van der Waals surface area contributed by atoms with Crippen LogP contribution < -0.4 is 4.74 Å². The Morgan fingerprint density at radius 3 is 2.08 bits per heavy atom. The molecular formula is C20H14Cl2O3. The third-order valence-electron chi connectivity index (χ3n) is 3.88. The summed E-state index contributed by atoms with van der Waals surface area (Å²) in [6.45, 7) is 0. The molecule has 0 aliphatic heterocycles. The molecule has 25 heavy (non-hydrogen) atoms. The number of methoxy groups -OCH3 is 1. The number of ketones is 2. The van der Waals surface area contributed by atoms with Crippen LogP contribution in [0.2, 0.25) is 10.0 Å². The fraction of sp³-hybridized carbons (Fsp3) is 0.100. The maximum Gasteiger partial charge on any atom is 0.170 e. The highest BCUT2D eigenvalue weighted by Crippen LogP contribution is 2.24. The lowest BCUT2D eigenvalue weighted by molar-refractivity contribution is 0.0894. The molecule has 0 unspecified atom stereocenters. The van der Waals surface area contributed by atoms with Crippen LogP contribution in [0, 0.1) is 0 Å². The summed E-state index contributed by atoms with van der Waals surface area (Å²) >= 11 is 11.8. The van der Waals surface area contributed by atoms with Crippen molar-refractivity contribution in [2.24, 2.45) is 0 Å². The highest BCUT2D eigenvalue weighted by Gasteiger charge is 2.15. The SMILES string of the molecule is COc1ccc2cc(C(=O)CC(=O)c3cc(Cl)cc(Cl)c3)ccc2c1. The second kappa shape index (κ2) is 7.26. The van der Waals surface area contributed by atoms with Crippen LogP contribution in [-0.4, -0.2) is 18.7 Å². The predicted octanol–water partition coefficient (Wildman–Crippen LogP) is 5.61. The van der Waals surface area contributed by atoms with E-state index in [1.165, 1.54) is 12.1 Å². The van der Waals surface area contributed by atoms with E-state index in [4.69, 9.17) is 27.9 Å². The second-order valence-corrected chi connectivity index (χ2v) is 6.48. The first-order valence-corrected chi connectivity index (χ1v) is 8.32. The predicted molar refractivity (Wildman–Crippen MR) is 100 cm³/mol. The zero-order chi connectivity index (χ0) is 18.0. The van der Waals surface area contributed by atoms with E-state index in [0.29, 0.717) is 21.2 Å². The van der Waals surface area contributed by atoms with E-state index in [2.05, 4.69) is 0 Å². The molecule has 5 heteroatoms. The van der Waals surface area contributed by atoms with Gasteiger partial charge in [-0.25, -0.2) is 0 Å². The number of carbonyl (C=O) groups excluding carboxylic acids is 2. The summed E-state index contributed by atoms with van der Waals surface area (Å²) in [7, 11) is 1.60. The van der Waals surface area contributed by atoms with E-state index in [0.717, 1.165) is 16.5 Å². The number of benzene rings is 3. The summed E-state index contributed by atoms with van der Waals surface area (Å²) in [5.41, 5.74) is 0.815. The quantitative estimate of drug-likeness (QED) is 0.431. The Kier molecular flexibility index (Phi) is 5.07. The van der Waals surface area contributed by atoms with E-state index in [1.807, 2.05) is 24.3 Å². The lowest BCUT2D eigenvalue weighted by Gasteiger charge is -2.06. The first-order chi connectivity index (χ1) is 12.0. The fourth-order valence-electron chi connectivity index (χ4n) is 2.59. The van der Waals surface area contributed by atoms with Gasteiger partial charge in [-0.1, -0.05) is 41.4 Å². The van der Waals surface area contributed by atoms with Gasteiger partial charge in [0.25, 0.3) is 0 Å². The smallest absolute Gasteiger partial charge is 0.170 e. The second-order valence-electron chi connectivity index (χ2n) is 5.61. The van der Waals surface area contributed by atoms with E-state index in [1.54, 1.807) is 25.3 Å². The molecular weight excluding hydrogens is 359 g/mol. The molecule has 3 nitrogen and oxygen atoms in total. The van der Waals surface area contributed by atoms with Gasteiger partial charge in [-0.15, -0.1) is 0 Å². The fourth-order valence-corrected chi connectivity index (χ4v) is 3.12. The maximum atomic E-state index is 12.5. The summed E-state index contributed by atoms with van der Waals surface area (Å²) in [4.78, 5) is 24.8. The highest BCUT2D eigenvalue weighted by molar-refractivity contribution is 6.35. The molecule has 0 aliphatic carbocycles. The van der Waals surface area contributed by atoms with Crippen molar-refractivity contribution >= 4 is 45.5 Å². The normalized spacial score (nSPS) is 10.7. The maximum absolute atomic E-state index is 12.5. The average molecular weight is 373 g/mol. The van der Waals surface area contributed by atoms with Gasteiger partial charge in [0.2, 0.25) is 0 Å². The van der Waals surface area contributed by atoms with Gasteiger partial charge in [0, 0.05) is 21.2 Å². The molecule has 0 saturated carbocycles. The van der Waals surface area contributed by atoms with Gasteiger partial charge in [0.05, 0.1) is 13.5 Å². The number of hydrogen-bond donors (Lipinski definition) is 0. The van der Waals surface area contributed by atoms with Gasteiger partial charge in [-0.3, -0.25) is 9.59 Å². The van der Waals surface area contributed by atoms with Crippen molar-refractivity contribution in [3.05, 3.63) is 75.8 Å². The standard InChI is InChI=1S/C20H14Cl2O3/c1-25-18-5-4-12-6-14(3-2-13(12)9-18)19(23)11-20(24)15-7-16(21)10-17(22)8-15/h2-10H,11H2,1H3. The monoisotopic (exact) mass is 372 g/mol. The van der Waals surface area contributed by atoms with Crippen molar-refractivity contribution < 1.29 is 14.3 Å². The Hall–Kier alpha value is -2.36. The minimum absolute atomic E-state index is 0.238. The van der Waals surface area contributed by atoms with E-state index in [-0.39, 0.29) is 18.0 Å². The largest absolute Gasteiger partial charge is 0.497 e. The first kappa shape index (κ1) is 17.5. The lowest BCUT2D eigenvalue weighted by atomic mass is 9.99. The summed E-state index contributed by atoms with van der Waals surface area (Å²) in [5.74, 6) is 0.183. The summed E-state index contributed by atoms with van der Waals surface area (Å²) in [5, 5.41) is 2.60. The van der Waals surface area contributed by atoms with Crippen molar-refractivity contribution in [1.82, 2.24) is 0 Å². The van der Waals surface area contributed by atoms with Gasteiger partial charge in [0.15, 0.2) is 11.6 Å². The van der Waals surface area contributed by atoms with Crippen molar-refractivity contribution in [3.8, 4) is 5.75 Å². The molecule has 0 aliphatic rings. The van der Waals surface area contributed by atoms with E-state index in [9.17, 15) is 9.59 Å². The van der Waals surface area contributed by atoms with Crippen LogP contribution in [0.1, 0.15) is 27.1 Å².